The number of carbonyl (C=O) groups is 2. The summed E-state index contributed by atoms with van der Waals surface area (Å²) < 4.78 is 19.4. The van der Waals surface area contributed by atoms with Gasteiger partial charge in [0.15, 0.2) is 0 Å². The van der Waals surface area contributed by atoms with E-state index in [4.69, 9.17) is 5.26 Å². The van der Waals surface area contributed by atoms with Crippen molar-refractivity contribution in [2.24, 2.45) is 5.92 Å². The molecular weight excluding hydrogens is 287 g/mol. The fourth-order valence-electron chi connectivity index (χ4n) is 1.90. The van der Waals surface area contributed by atoms with Crippen molar-refractivity contribution in [2.75, 3.05) is 7.11 Å². The molecule has 0 bridgehead atoms. The fourth-order valence-corrected chi connectivity index (χ4v) is 1.90. The zero-order chi connectivity index (χ0) is 16.9. The SMILES string of the molecule is COC(=O)C(NC(=O)C(F)(C#N)c1ccc(C)cc1)C(C)C. The second-order valence-electron chi connectivity index (χ2n) is 5.35. The van der Waals surface area contributed by atoms with Crippen molar-refractivity contribution < 1.29 is 18.7 Å². The topological polar surface area (TPSA) is 79.2 Å². The number of halogens is 1. The van der Waals surface area contributed by atoms with E-state index in [2.05, 4.69) is 10.1 Å². The smallest absolute Gasteiger partial charge is 0.328 e. The summed E-state index contributed by atoms with van der Waals surface area (Å²) in [7, 11) is 1.18. The summed E-state index contributed by atoms with van der Waals surface area (Å²) >= 11 is 0. The number of esters is 1. The van der Waals surface area contributed by atoms with Gasteiger partial charge in [-0.15, -0.1) is 0 Å². The Bertz CT molecular complexity index is 592. The lowest BCUT2D eigenvalue weighted by Gasteiger charge is -2.24. The minimum absolute atomic E-state index is 0.0783. The molecule has 0 aliphatic rings. The van der Waals surface area contributed by atoms with Crippen LogP contribution in [0.15, 0.2) is 24.3 Å². The van der Waals surface area contributed by atoms with Gasteiger partial charge in [0.2, 0.25) is 0 Å². The molecule has 1 aromatic carbocycles. The lowest BCUT2D eigenvalue weighted by Crippen LogP contribution is -2.51. The average molecular weight is 306 g/mol. The van der Waals surface area contributed by atoms with E-state index < -0.39 is 23.6 Å². The fraction of sp³-hybridized carbons (Fsp3) is 0.438. The van der Waals surface area contributed by atoms with E-state index in [-0.39, 0.29) is 11.5 Å². The lowest BCUT2D eigenvalue weighted by atomic mass is 9.94. The number of alkyl halides is 1. The second kappa shape index (κ2) is 7.03. The predicted octanol–water partition coefficient (Wildman–Crippen LogP) is 2.00. The quantitative estimate of drug-likeness (QED) is 0.844. The van der Waals surface area contributed by atoms with E-state index in [0.717, 1.165) is 5.56 Å². The first-order valence-corrected chi connectivity index (χ1v) is 6.82. The zero-order valence-electron chi connectivity index (χ0n) is 13.0. The predicted molar refractivity (Wildman–Crippen MR) is 78.4 cm³/mol. The molecule has 2 unspecified atom stereocenters. The third-order valence-corrected chi connectivity index (χ3v) is 3.32. The molecule has 0 saturated carbocycles. The van der Waals surface area contributed by atoms with Crippen LogP contribution in [0.5, 0.6) is 0 Å². The Balaban J connectivity index is 3.08. The molecule has 2 atom stereocenters. The van der Waals surface area contributed by atoms with Crippen LogP contribution in [0, 0.1) is 24.2 Å². The molecule has 1 aromatic rings. The molecule has 0 aliphatic heterocycles. The Morgan fingerprint density at radius 2 is 1.86 bits per heavy atom. The molecule has 0 aliphatic carbocycles. The molecule has 118 valence electrons. The van der Waals surface area contributed by atoms with Gasteiger partial charge in [0, 0.05) is 5.56 Å². The molecule has 0 spiro atoms. The van der Waals surface area contributed by atoms with Gasteiger partial charge in [-0.05, 0) is 12.8 Å². The summed E-state index contributed by atoms with van der Waals surface area (Å²) in [6, 6.07) is 6.33. The van der Waals surface area contributed by atoms with E-state index in [1.807, 2.05) is 6.92 Å². The zero-order valence-corrected chi connectivity index (χ0v) is 13.0. The number of amides is 1. The summed E-state index contributed by atoms with van der Waals surface area (Å²) in [5, 5.41) is 11.4. The molecule has 0 aromatic heterocycles. The van der Waals surface area contributed by atoms with Crippen LogP contribution in [-0.2, 0) is 20.0 Å². The summed E-state index contributed by atoms with van der Waals surface area (Å²) in [6.07, 6.45) is 0. The summed E-state index contributed by atoms with van der Waals surface area (Å²) in [4.78, 5) is 23.8. The standard InChI is InChI=1S/C16H19FN2O3/c1-10(2)13(14(20)22-4)19-15(21)16(17,9-18)12-7-5-11(3)6-8-12/h5-8,10,13H,1-4H3,(H,19,21). The van der Waals surface area contributed by atoms with Crippen LogP contribution < -0.4 is 5.32 Å². The molecule has 0 fully saturated rings. The minimum Gasteiger partial charge on any atom is -0.467 e. The maximum absolute atomic E-state index is 14.8. The van der Waals surface area contributed by atoms with Crippen molar-refractivity contribution in [3.8, 4) is 6.07 Å². The van der Waals surface area contributed by atoms with Gasteiger partial charge in [0.05, 0.1) is 7.11 Å². The van der Waals surface area contributed by atoms with Crippen molar-refractivity contribution in [1.82, 2.24) is 5.32 Å². The Labute approximate surface area is 129 Å². The van der Waals surface area contributed by atoms with Gasteiger partial charge >= 0.3 is 5.97 Å². The van der Waals surface area contributed by atoms with Crippen molar-refractivity contribution in [2.45, 2.75) is 32.5 Å². The first-order valence-electron chi connectivity index (χ1n) is 6.82. The average Bonchev–Trinajstić information content (AvgIpc) is 2.51. The van der Waals surface area contributed by atoms with E-state index in [0.29, 0.717) is 0 Å². The van der Waals surface area contributed by atoms with Crippen LogP contribution in [0.4, 0.5) is 4.39 Å². The number of hydrogen-bond acceptors (Lipinski definition) is 4. The largest absolute Gasteiger partial charge is 0.467 e. The van der Waals surface area contributed by atoms with E-state index in [9.17, 15) is 14.0 Å². The summed E-state index contributed by atoms with van der Waals surface area (Å²) in [5.74, 6) is -2.17. The number of nitriles is 1. The maximum atomic E-state index is 14.8. The van der Waals surface area contributed by atoms with Gasteiger partial charge in [-0.3, -0.25) is 4.79 Å². The molecule has 5 nitrogen and oxygen atoms in total. The molecule has 1 rings (SSSR count). The highest BCUT2D eigenvalue weighted by atomic mass is 19.1. The van der Waals surface area contributed by atoms with Crippen molar-refractivity contribution in [3.63, 3.8) is 0 Å². The van der Waals surface area contributed by atoms with Crippen LogP contribution in [0.3, 0.4) is 0 Å². The van der Waals surface area contributed by atoms with Gasteiger partial charge in [-0.2, -0.15) is 5.26 Å². The Morgan fingerprint density at radius 1 is 1.32 bits per heavy atom. The number of rotatable bonds is 5. The van der Waals surface area contributed by atoms with Gasteiger partial charge in [0.25, 0.3) is 11.6 Å². The van der Waals surface area contributed by atoms with E-state index >= 15 is 0 Å². The monoisotopic (exact) mass is 306 g/mol. The van der Waals surface area contributed by atoms with Crippen molar-refractivity contribution >= 4 is 11.9 Å². The molecular formula is C16H19FN2O3. The van der Waals surface area contributed by atoms with E-state index in [1.54, 1.807) is 26.0 Å². The first-order chi connectivity index (χ1) is 10.3. The second-order valence-corrected chi connectivity index (χ2v) is 5.35. The highest BCUT2D eigenvalue weighted by Gasteiger charge is 2.43. The number of carbonyl (C=O) groups excluding carboxylic acids is 2. The Kier molecular flexibility index (Phi) is 5.63. The Hall–Kier alpha value is -2.42. The van der Waals surface area contributed by atoms with Crippen molar-refractivity contribution in [1.29, 1.82) is 5.26 Å². The van der Waals surface area contributed by atoms with Crippen LogP contribution in [0.25, 0.3) is 0 Å². The summed E-state index contributed by atoms with van der Waals surface area (Å²) in [6.45, 7) is 5.17. The number of ether oxygens (including phenoxy) is 1. The number of nitrogens with one attached hydrogen (secondary N) is 1. The molecule has 6 heteroatoms. The number of benzene rings is 1. The minimum atomic E-state index is -2.87. The van der Waals surface area contributed by atoms with Crippen LogP contribution in [-0.4, -0.2) is 25.0 Å². The maximum Gasteiger partial charge on any atom is 0.328 e. The number of hydrogen-bond donors (Lipinski definition) is 1. The molecule has 22 heavy (non-hydrogen) atoms. The normalized spacial score (nSPS) is 14.6. The van der Waals surface area contributed by atoms with Gasteiger partial charge < -0.3 is 10.1 Å². The van der Waals surface area contributed by atoms with E-state index in [1.165, 1.54) is 25.3 Å². The first kappa shape index (κ1) is 17.6. The molecule has 1 amide bonds. The molecule has 0 radical (unpaired) electrons. The third kappa shape index (κ3) is 3.61. The van der Waals surface area contributed by atoms with Gasteiger partial charge in [-0.1, -0.05) is 43.7 Å². The summed E-state index contributed by atoms with van der Waals surface area (Å²) in [5.41, 5.74) is -2.07. The third-order valence-electron chi connectivity index (χ3n) is 3.32. The van der Waals surface area contributed by atoms with Gasteiger partial charge in [-0.25, -0.2) is 9.18 Å². The number of aryl methyl sites for hydroxylation is 1. The number of nitrogens with zero attached hydrogens (tertiary/aromatic N) is 1. The van der Waals surface area contributed by atoms with Crippen LogP contribution >= 0.6 is 0 Å². The molecule has 1 N–H and O–H groups in total. The van der Waals surface area contributed by atoms with Gasteiger partial charge in [0.1, 0.15) is 12.1 Å². The van der Waals surface area contributed by atoms with Crippen LogP contribution in [0.1, 0.15) is 25.0 Å². The highest BCUT2D eigenvalue weighted by Crippen LogP contribution is 2.26. The molecule has 0 heterocycles. The number of methoxy groups -OCH3 is 1. The Morgan fingerprint density at radius 3 is 2.27 bits per heavy atom. The highest BCUT2D eigenvalue weighted by molar-refractivity contribution is 5.92. The molecule has 0 saturated heterocycles. The van der Waals surface area contributed by atoms with Crippen LogP contribution in [0.2, 0.25) is 0 Å². The lowest BCUT2D eigenvalue weighted by molar-refractivity contribution is -0.147. The van der Waals surface area contributed by atoms with Crippen molar-refractivity contribution in [3.05, 3.63) is 35.4 Å².